The molecule has 0 amide bonds. The predicted octanol–water partition coefficient (Wildman–Crippen LogP) is 3.04. The summed E-state index contributed by atoms with van der Waals surface area (Å²) in [6.45, 7) is 12.0. The van der Waals surface area contributed by atoms with Crippen molar-refractivity contribution in [3.05, 3.63) is 12.7 Å². The summed E-state index contributed by atoms with van der Waals surface area (Å²) in [6.07, 6.45) is 2.67. The Balaban J connectivity index is 2.27. The molecule has 5 nitrogen and oxygen atoms in total. The molecule has 152 valence electrons. The maximum Gasteiger partial charge on any atom is 0.332 e. The molecule has 3 N–H and O–H groups in total. The van der Waals surface area contributed by atoms with Crippen molar-refractivity contribution in [3.8, 4) is 0 Å². The molecule has 0 aromatic heterocycles. The molecule has 0 radical (unpaired) electrons. The smallest absolute Gasteiger partial charge is 0.332 e. The molecule has 9 atom stereocenters. The van der Waals surface area contributed by atoms with Crippen LogP contribution in [0.25, 0.3) is 0 Å². The third-order valence-corrected chi connectivity index (χ3v) is 9.08. The van der Waals surface area contributed by atoms with Crippen molar-refractivity contribution in [2.75, 3.05) is 0 Å². The normalized spacial score (nSPS) is 51.0. The predicted molar refractivity (Wildman–Crippen MR) is 102 cm³/mol. The molecule has 27 heavy (non-hydrogen) atoms. The number of carbonyl (C=O) groups is 2. The average molecular weight is 379 g/mol. The van der Waals surface area contributed by atoms with Gasteiger partial charge in [-0.3, -0.25) is 4.79 Å². The molecular formula is C22H34O5. The second-order valence-corrected chi connectivity index (χ2v) is 9.98. The van der Waals surface area contributed by atoms with Gasteiger partial charge in [0.25, 0.3) is 0 Å². The van der Waals surface area contributed by atoms with Gasteiger partial charge in [0, 0.05) is 23.7 Å². The van der Waals surface area contributed by atoms with E-state index in [0.29, 0.717) is 12.8 Å². The summed E-state index contributed by atoms with van der Waals surface area (Å²) < 4.78 is 0. The number of carboxylic acids is 1. The van der Waals surface area contributed by atoms with Crippen molar-refractivity contribution >= 4 is 11.8 Å². The van der Waals surface area contributed by atoms with E-state index in [4.69, 9.17) is 0 Å². The van der Waals surface area contributed by atoms with Gasteiger partial charge < -0.3 is 15.3 Å². The van der Waals surface area contributed by atoms with E-state index in [0.717, 1.165) is 19.3 Å². The lowest BCUT2D eigenvalue weighted by Crippen LogP contribution is -2.63. The molecule has 3 rings (SSSR count). The number of carbonyl (C=O) groups excluding carboxylic acids is 1. The van der Waals surface area contributed by atoms with E-state index >= 15 is 0 Å². The SMILES string of the molecule is C=C[C@]1(C)C[C@@H](C(O)C(=O)O)[C@@]2(C)[C@H](C)CC[C@]3(CCC(=O)[C@H]32)[C@@H](C)[C@@H]1O. The minimum absolute atomic E-state index is 0.0910. The Labute approximate surface area is 161 Å². The number of Topliss-reactive ketones (excluding diaryl/α,β-unsaturated/α-hetero) is 1. The van der Waals surface area contributed by atoms with Crippen molar-refractivity contribution in [1.82, 2.24) is 0 Å². The topological polar surface area (TPSA) is 94.8 Å². The van der Waals surface area contributed by atoms with Crippen LogP contribution in [0.3, 0.4) is 0 Å². The third-order valence-electron chi connectivity index (χ3n) is 9.08. The Morgan fingerprint density at radius 3 is 2.48 bits per heavy atom. The van der Waals surface area contributed by atoms with Gasteiger partial charge in [0.05, 0.1) is 6.10 Å². The van der Waals surface area contributed by atoms with Crippen LogP contribution in [0, 0.1) is 39.9 Å². The fourth-order valence-corrected chi connectivity index (χ4v) is 7.11. The van der Waals surface area contributed by atoms with Crippen LogP contribution >= 0.6 is 0 Å². The Kier molecular flexibility index (Phi) is 4.88. The highest BCUT2D eigenvalue weighted by atomic mass is 16.4. The monoisotopic (exact) mass is 378 g/mol. The van der Waals surface area contributed by atoms with Crippen molar-refractivity contribution in [1.29, 1.82) is 0 Å². The van der Waals surface area contributed by atoms with Crippen molar-refractivity contribution in [3.63, 3.8) is 0 Å². The zero-order chi connectivity index (χ0) is 20.4. The molecule has 5 heteroatoms. The highest BCUT2D eigenvalue weighted by Gasteiger charge is 2.68. The molecule has 0 saturated heterocycles. The van der Waals surface area contributed by atoms with E-state index < -0.39 is 34.9 Å². The van der Waals surface area contributed by atoms with Crippen LogP contribution in [0.2, 0.25) is 0 Å². The number of hydrogen-bond donors (Lipinski definition) is 3. The quantitative estimate of drug-likeness (QED) is 0.656. The van der Waals surface area contributed by atoms with Crippen LogP contribution in [0.15, 0.2) is 12.7 Å². The molecule has 0 spiro atoms. The molecular weight excluding hydrogens is 344 g/mol. The summed E-state index contributed by atoms with van der Waals surface area (Å²) in [5, 5.41) is 31.7. The molecule has 0 heterocycles. The van der Waals surface area contributed by atoms with Gasteiger partial charge in [-0.2, -0.15) is 0 Å². The van der Waals surface area contributed by atoms with E-state index in [1.165, 1.54) is 0 Å². The van der Waals surface area contributed by atoms with Gasteiger partial charge in [-0.05, 0) is 48.3 Å². The van der Waals surface area contributed by atoms with Gasteiger partial charge in [0.15, 0.2) is 6.10 Å². The fraction of sp³-hybridized carbons (Fsp3) is 0.818. The lowest BCUT2D eigenvalue weighted by Gasteiger charge is -2.63. The summed E-state index contributed by atoms with van der Waals surface area (Å²) in [6, 6.07) is 0. The Morgan fingerprint density at radius 1 is 1.30 bits per heavy atom. The molecule has 3 aliphatic rings. The maximum atomic E-state index is 13.1. The van der Waals surface area contributed by atoms with E-state index in [2.05, 4.69) is 13.5 Å². The van der Waals surface area contributed by atoms with Crippen LogP contribution in [0.5, 0.6) is 0 Å². The fourth-order valence-electron chi connectivity index (χ4n) is 7.11. The summed E-state index contributed by atoms with van der Waals surface area (Å²) in [4.78, 5) is 24.9. The molecule has 0 aromatic rings. The number of hydrogen-bond acceptors (Lipinski definition) is 4. The minimum Gasteiger partial charge on any atom is -0.479 e. The first-order chi connectivity index (χ1) is 12.5. The Morgan fingerprint density at radius 2 is 1.93 bits per heavy atom. The molecule has 2 bridgehead atoms. The lowest BCUT2D eigenvalue weighted by atomic mass is 9.41. The minimum atomic E-state index is -1.57. The zero-order valence-electron chi connectivity index (χ0n) is 16.9. The first-order valence-corrected chi connectivity index (χ1v) is 10.2. The van der Waals surface area contributed by atoms with Crippen LogP contribution in [0.1, 0.15) is 59.8 Å². The molecule has 3 saturated carbocycles. The Hall–Kier alpha value is -1.20. The van der Waals surface area contributed by atoms with Crippen LogP contribution in [0.4, 0.5) is 0 Å². The highest BCUT2D eigenvalue weighted by Crippen LogP contribution is 2.69. The van der Waals surface area contributed by atoms with Gasteiger partial charge in [0.2, 0.25) is 0 Å². The van der Waals surface area contributed by atoms with Gasteiger partial charge in [-0.25, -0.2) is 4.79 Å². The summed E-state index contributed by atoms with van der Waals surface area (Å²) in [7, 11) is 0. The van der Waals surface area contributed by atoms with Crippen LogP contribution < -0.4 is 0 Å². The average Bonchev–Trinajstić information content (AvgIpc) is 2.98. The zero-order valence-corrected chi connectivity index (χ0v) is 16.9. The van der Waals surface area contributed by atoms with E-state index in [-0.39, 0.29) is 29.0 Å². The number of carboxylic acid groups (broad SMARTS) is 1. The number of aliphatic carboxylic acids is 1. The van der Waals surface area contributed by atoms with E-state index in [1.54, 1.807) is 6.08 Å². The maximum absolute atomic E-state index is 13.1. The van der Waals surface area contributed by atoms with Crippen molar-refractivity contribution in [2.45, 2.75) is 72.0 Å². The summed E-state index contributed by atoms with van der Waals surface area (Å²) in [5.41, 5.74) is -1.68. The summed E-state index contributed by atoms with van der Waals surface area (Å²) in [5.74, 6) is -1.99. The Bertz CT molecular complexity index is 659. The van der Waals surface area contributed by atoms with E-state index in [1.807, 2.05) is 20.8 Å². The van der Waals surface area contributed by atoms with Gasteiger partial charge in [-0.1, -0.05) is 33.8 Å². The molecule has 3 fully saturated rings. The largest absolute Gasteiger partial charge is 0.479 e. The second kappa shape index (κ2) is 6.41. The number of ketones is 1. The second-order valence-electron chi connectivity index (χ2n) is 9.98. The number of rotatable bonds is 3. The number of aliphatic hydroxyl groups excluding tert-OH is 2. The van der Waals surface area contributed by atoms with Crippen molar-refractivity contribution < 1.29 is 24.9 Å². The van der Waals surface area contributed by atoms with Gasteiger partial charge in [-0.15, -0.1) is 6.58 Å². The molecule has 0 aliphatic heterocycles. The van der Waals surface area contributed by atoms with Gasteiger partial charge >= 0.3 is 5.97 Å². The first-order valence-electron chi connectivity index (χ1n) is 10.2. The number of aliphatic hydroxyl groups is 2. The standard InChI is InChI=1S/C22H34O5/c1-6-20(4)11-14(16(24)19(26)27)21(5)12(2)7-9-22(13(3)18(20)25)10-8-15(23)17(21)22/h6,12-14,16-18,24-25H,1,7-11H2,2-5H3,(H,26,27)/t12-,13+,14+,16?,17+,18+,20-,21-,22+/m1/s1. The lowest BCUT2D eigenvalue weighted by molar-refractivity contribution is -0.196. The molecule has 3 aliphatic carbocycles. The first kappa shape index (κ1) is 20.5. The highest BCUT2D eigenvalue weighted by molar-refractivity contribution is 5.86. The summed E-state index contributed by atoms with van der Waals surface area (Å²) >= 11 is 0. The van der Waals surface area contributed by atoms with Crippen molar-refractivity contribution in [2.24, 2.45) is 39.9 Å². The van der Waals surface area contributed by atoms with Crippen LogP contribution in [-0.4, -0.2) is 39.3 Å². The molecule has 1 unspecified atom stereocenters. The van der Waals surface area contributed by atoms with Gasteiger partial charge in [0.1, 0.15) is 5.78 Å². The third kappa shape index (κ3) is 2.57. The van der Waals surface area contributed by atoms with Crippen LogP contribution in [-0.2, 0) is 9.59 Å². The van der Waals surface area contributed by atoms with E-state index in [9.17, 15) is 24.9 Å². The molecule has 0 aromatic carbocycles.